The van der Waals surface area contributed by atoms with Gasteiger partial charge in [0.2, 0.25) is 5.95 Å². The first-order chi connectivity index (χ1) is 15.3. The zero-order valence-corrected chi connectivity index (χ0v) is 19.9. The highest BCUT2D eigenvalue weighted by Gasteiger charge is 2.31. The fraction of sp³-hybridized carbons (Fsp3) is 0.478. The number of rotatable bonds is 4. The normalized spacial score (nSPS) is 18.7. The van der Waals surface area contributed by atoms with Crippen LogP contribution in [0.4, 0.5) is 17.5 Å². The van der Waals surface area contributed by atoms with Crippen LogP contribution in [0.5, 0.6) is 0 Å². The molecule has 5 heterocycles. The maximum atomic E-state index is 5.51. The molecule has 9 heteroatoms. The maximum Gasteiger partial charge on any atom is 0.230 e. The van der Waals surface area contributed by atoms with Gasteiger partial charge in [0.05, 0.1) is 23.1 Å². The van der Waals surface area contributed by atoms with E-state index in [1.165, 1.54) is 0 Å². The van der Waals surface area contributed by atoms with Gasteiger partial charge in [0.15, 0.2) is 0 Å². The minimum absolute atomic E-state index is 0.134. The molecular formula is C23H30N8S. The van der Waals surface area contributed by atoms with E-state index >= 15 is 0 Å². The summed E-state index contributed by atoms with van der Waals surface area (Å²) >= 11 is 5.51. The summed E-state index contributed by atoms with van der Waals surface area (Å²) in [5.74, 6) is 1.26. The Kier molecular flexibility index (Phi) is 5.25. The van der Waals surface area contributed by atoms with E-state index in [9.17, 15) is 0 Å². The number of hydrogen-bond donors (Lipinski definition) is 2. The topological polar surface area (TPSA) is 74.1 Å². The number of piperazine rings is 1. The largest absolute Gasteiger partial charge is 0.372 e. The number of anilines is 3. The Labute approximate surface area is 194 Å². The molecule has 1 saturated heterocycles. The van der Waals surface area contributed by atoms with Gasteiger partial charge in [-0.2, -0.15) is 4.98 Å². The number of pyridine rings is 1. The molecule has 0 radical (unpaired) electrons. The third-order valence-corrected chi connectivity index (χ3v) is 6.81. The highest BCUT2D eigenvalue weighted by atomic mass is 32.1. The molecule has 2 aliphatic heterocycles. The standard InChI is InChI=1S/C23H30N8S/c1-15(2)29-7-9-30(10-8-29)17-5-6-19(24-13-17)27-22-25-12-16-11-18-21(32)26-14-23(3,4)31(18)20(16)28-22/h5-6,11-13,15H,7-10,14H2,1-4H3,(H,26,32)(H,24,25,27,28). The molecule has 3 aromatic heterocycles. The van der Waals surface area contributed by atoms with Gasteiger partial charge < -0.3 is 20.1 Å². The second-order valence-electron chi connectivity index (χ2n) is 9.48. The fourth-order valence-corrected chi connectivity index (χ4v) is 4.78. The van der Waals surface area contributed by atoms with Crippen molar-refractivity contribution in [2.45, 2.75) is 39.3 Å². The number of nitrogens with zero attached hydrogens (tertiary/aromatic N) is 6. The van der Waals surface area contributed by atoms with Gasteiger partial charge in [-0.25, -0.2) is 9.97 Å². The van der Waals surface area contributed by atoms with Crippen molar-refractivity contribution in [3.05, 3.63) is 36.3 Å². The molecule has 1 fully saturated rings. The quantitative estimate of drug-likeness (QED) is 0.588. The van der Waals surface area contributed by atoms with Gasteiger partial charge in [-0.05, 0) is 45.9 Å². The maximum absolute atomic E-state index is 5.51. The Morgan fingerprint density at radius 1 is 1.09 bits per heavy atom. The van der Waals surface area contributed by atoms with Crippen molar-refractivity contribution >= 4 is 45.7 Å². The average Bonchev–Trinajstić information content (AvgIpc) is 3.18. The molecule has 0 unspecified atom stereocenters. The molecule has 32 heavy (non-hydrogen) atoms. The van der Waals surface area contributed by atoms with Gasteiger partial charge in [-0.3, -0.25) is 4.90 Å². The second-order valence-corrected chi connectivity index (χ2v) is 9.88. The number of thiocarbonyl (C=S) groups is 1. The molecule has 168 valence electrons. The van der Waals surface area contributed by atoms with Crippen LogP contribution in [0.3, 0.4) is 0 Å². The summed E-state index contributed by atoms with van der Waals surface area (Å²) in [5.41, 5.74) is 2.88. The Balaban J connectivity index is 1.34. The van der Waals surface area contributed by atoms with E-state index in [0.717, 1.165) is 65.9 Å². The first-order valence-corrected chi connectivity index (χ1v) is 11.6. The zero-order valence-electron chi connectivity index (χ0n) is 19.1. The van der Waals surface area contributed by atoms with Crippen LogP contribution in [-0.4, -0.2) is 68.2 Å². The SMILES string of the molecule is CC(C)N1CCN(c2ccc(Nc3ncc4cc5n(c4n3)C(C)(C)CNC5=S)nc2)CC1. The lowest BCUT2D eigenvalue weighted by Crippen LogP contribution is -2.48. The molecule has 0 atom stereocenters. The molecule has 0 aromatic carbocycles. The molecule has 3 aromatic rings. The van der Waals surface area contributed by atoms with Crippen LogP contribution in [0.25, 0.3) is 11.0 Å². The van der Waals surface area contributed by atoms with Crippen molar-refractivity contribution in [3.8, 4) is 0 Å². The predicted molar refractivity (Wildman–Crippen MR) is 133 cm³/mol. The predicted octanol–water partition coefficient (Wildman–Crippen LogP) is 3.11. The Morgan fingerprint density at radius 2 is 1.88 bits per heavy atom. The zero-order chi connectivity index (χ0) is 22.5. The molecule has 0 bridgehead atoms. The Hall–Kier alpha value is -2.78. The summed E-state index contributed by atoms with van der Waals surface area (Å²) in [5, 5.41) is 7.56. The van der Waals surface area contributed by atoms with Crippen molar-refractivity contribution < 1.29 is 0 Å². The van der Waals surface area contributed by atoms with Gasteiger partial charge in [0, 0.05) is 50.3 Å². The Morgan fingerprint density at radius 3 is 2.56 bits per heavy atom. The molecular weight excluding hydrogens is 420 g/mol. The van der Waals surface area contributed by atoms with Crippen molar-refractivity contribution in [2.24, 2.45) is 0 Å². The fourth-order valence-electron chi connectivity index (χ4n) is 4.55. The summed E-state index contributed by atoms with van der Waals surface area (Å²) in [6.45, 7) is 13.9. The molecule has 0 saturated carbocycles. The van der Waals surface area contributed by atoms with Gasteiger partial charge in [-0.15, -0.1) is 0 Å². The van der Waals surface area contributed by atoms with E-state index in [1.54, 1.807) is 0 Å². The first kappa shape index (κ1) is 21.1. The lowest BCUT2D eigenvalue weighted by Gasteiger charge is -2.38. The summed E-state index contributed by atoms with van der Waals surface area (Å²) in [6.07, 6.45) is 3.77. The highest BCUT2D eigenvalue weighted by molar-refractivity contribution is 7.80. The van der Waals surface area contributed by atoms with Crippen LogP contribution in [0, 0.1) is 0 Å². The number of hydrogen-bond acceptors (Lipinski definition) is 7. The van der Waals surface area contributed by atoms with Gasteiger partial charge in [0.1, 0.15) is 16.5 Å². The van der Waals surface area contributed by atoms with Crippen LogP contribution >= 0.6 is 12.2 Å². The van der Waals surface area contributed by atoms with E-state index < -0.39 is 0 Å². The molecule has 0 aliphatic carbocycles. The molecule has 0 amide bonds. The third kappa shape index (κ3) is 3.80. The van der Waals surface area contributed by atoms with Crippen molar-refractivity contribution in [2.75, 3.05) is 42.9 Å². The van der Waals surface area contributed by atoms with Crippen molar-refractivity contribution in [3.63, 3.8) is 0 Å². The van der Waals surface area contributed by atoms with Crippen molar-refractivity contribution in [1.82, 2.24) is 29.7 Å². The van der Waals surface area contributed by atoms with Crippen LogP contribution in [0.15, 0.2) is 30.6 Å². The van der Waals surface area contributed by atoms with Crippen LogP contribution < -0.4 is 15.5 Å². The first-order valence-electron chi connectivity index (χ1n) is 11.2. The number of fused-ring (bicyclic) bond motifs is 3. The van der Waals surface area contributed by atoms with E-state index in [-0.39, 0.29) is 5.54 Å². The van der Waals surface area contributed by atoms with Gasteiger partial charge in [0.25, 0.3) is 0 Å². The van der Waals surface area contributed by atoms with Crippen LogP contribution in [0.1, 0.15) is 33.4 Å². The average molecular weight is 451 g/mol. The molecule has 2 aliphatic rings. The van der Waals surface area contributed by atoms with Gasteiger partial charge in [-0.1, -0.05) is 12.2 Å². The van der Waals surface area contributed by atoms with E-state index in [4.69, 9.17) is 17.2 Å². The van der Waals surface area contributed by atoms with E-state index in [1.807, 2.05) is 18.5 Å². The lowest BCUT2D eigenvalue weighted by atomic mass is 10.0. The van der Waals surface area contributed by atoms with E-state index in [0.29, 0.717) is 12.0 Å². The smallest absolute Gasteiger partial charge is 0.230 e. The minimum Gasteiger partial charge on any atom is -0.372 e. The van der Waals surface area contributed by atoms with Gasteiger partial charge >= 0.3 is 0 Å². The summed E-state index contributed by atoms with van der Waals surface area (Å²) in [6, 6.07) is 6.77. The summed E-state index contributed by atoms with van der Waals surface area (Å²) < 4.78 is 2.21. The van der Waals surface area contributed by atoms with Crippen LogP contribution in [-0.2, 0) is 5.54 Å². The lowest BCUT2D eigenvalue weighted by molar-refractivity contribution is 0.209. The van der Waals surface area contributed by atoms with Crippen LogP contribution in [0.2, 0.25) is 0 Å². The second kappa shape index (κ2) is 7.97. The molecule has 0 spiro atoms. The van der Waals surface area contributed by atoms with Crippen molar-refractivity contribution in [1.29, 1.82) is 0 Å². The monoisotopic (exact) mass is 450 g/mol. The Bertz CT molecular complexity index is 1140. The molecule has 5 rings (SSSR count). The van der Waals surface area contributed by atoms with E-state index in [2.05, 4.69) is 74.8 Å². The third-order valence-electron chi connectivity index (χ3n) is 6.46. The molecule has 2 N–H and O–H groups in total. The number of aromatic nitrogens is 4. The minimum atomic E-state index is -0.134. The number of nitrogens with one attached hydrogen (secondary N) is 2. The summed E-state index contributed by atoms with van der Waals surface area (Å²) in [4.78, 5) is 19.6. The summed E-state index contributed by atoms with van der Waals surface area (Å²) in [7, 11) is 0. The molecule has 8 nitrogen and oxygen atoms in total. The highest BCUT2D eigenvalue weighted by Crippen LogP contribution is 2.30.